The highest BCUT2D eigenvalue weighted by Crippen LogP contribution is 2.28. The molecule has 1 aliphatic rings. The van der Waals surface area contributed by atoms with Gasteiger partial charge in [0.1, 0.15) is 17.3 Å². The third-order valence-electron chi connectivity index (χ3n) is 4.21. The van der Waals surface area contributed by atoms with Gasteiger partial charge in [0.05, 0.1) is 25.4 Å². The van der Waals surface area contributed by atoms with Gasteiger partial charge < -0.3 is 10.4 Å². The number of aromatic amines is 1. The van der Waals surface area contributed by atoms with E-state index in [0.717, 1.165) is 30.9 Å². The number of hydrogen-bond acceptors (Lipinski definition) is 6. The molecule has 0 saturated heterocycles. The van der Waals surface area contributed by atoms with Crippen LogP contribution in [0.5, 0.6) is 0 Å². The first kappa shape index (κ1) is 15.1. The Kier molecular flexibility index (Phi) is 4.79. The average Bonchev–Trinajstić information content (AvgIpc) is 3.22. The molecule has 0 aromatic carbocycles. The summed E-state index contributed by atoms with van der Waals surface area (Å²) in [5, 5.41) is 28.0. The Labute approximate surface area is 129 Å². The molecule has 2 atom stereocenters. The van der Waals surface area contributed by atoms with Crippen molar-refractivity contribution in [2.24, 2.45) is 0 Å². The van der Waals surface area contributed by atoms with Gasteiger partial charge in [-0.2, -0.15) is 5.10 Å². The minimum Gasteiger partial charge on any atom is -0.390 e. The molecule has 22 heavy (non-hydrogen) atoms. The summed E-state index contributed by atoms with van der Waals surface area (Å²) in [6, 6.07) is 0.604. The first-order chi connectivity index (χ1) is 10.8. The van der Waals surface area contributed by atoms with Crippen LogP contribution >= 0.6 is 0 Å². The third kappa shape index (κ3) is 3.33. The van der Waals surface area contributed by atoms with Gasteiger partial charge in [0.25, 0.3) is 0 Å². The number of nitrogens with zero attached hydrogens (tertiary/aromatic N) is 5. The van der Waals surface area contributed by atoms with Crippen LogP contribution in [0.2, 0.25) is 0 Å². The molecule has 0 aliphatic heterocycles. The van der Waals surface area contributed by atoms with Crippen molar-refractivity contribution in [1.82, 2.24) is 35.5 Å². The summed E-state index contributed by atoms with van der Waals surface area (Å²) in [5.41, 5.74) is 0.618. The molecule has 8 nitrogen and oxygen atoms in total. The van der Waals surface area contributed by atoms with E-state index in [4.69, 9.17) is 5.11 Å². The number of aromatic nitrogens is 6. The second kappa shape index (κ2) is 6.97. The van der Waals surface area contributed by atoms with Crippen molar-refractivity contribution in [3.05, 3.63) is 23.5 Å². The molecule has 1 aliphatic carbocycles. The molecule has 2 heterocycles. The minimum absolute atomic E-state index is 0.0668. The number of H-pyrrole nitrogens is 1. The summed E-state index contributed by atoms with van der Waals surface area (Å²) in [6.07, 6.45) is 7.27. The number of nitrogens with one attached hydrogen (secondary N) is 2. The molecule has 3 rings (SSSR count). The van der Waals surface area contributed by atoms with Crippen molar-refractivity contribution in [2.75, 3.05) is 0 Å². The lowest BCUT2D eigenvalue weighted by Crippen LogP contribution is -2.40. The summed E-state index contributed by atoms with van der Waals surface area (Å²) >= 11 is 0. The molecule has 3 N–H and O–H groups in total. The molecule has 1 saturated carbocycles. The first-order valence-corrected chi connectivity index (χ1v) is 7.95. The van der Waals surface area contributed by atoms with E-state index in [1.165, 1.54) is 12.8 Å². The van der Waals surface area contributed by atoms with Gasteiger partial charge in [0.15, 0.2) is 0 Å². The van der Waals surface area contributed by atoms with Gasteiger partial charge in [-0.05, 0) is 12.8 Å². The minimum atomic E-state index is -0.0668. The van der Waals surface area contributed by atoms with Crippen LogP contribution in [0, 0.1) is 0 Å². The number of aliphatic hydroxyl groups is 1. The van der Waals surface area contributed by atoms with Crippen LogP contribution in [-0.4, -0.2) is 41.3 Å². The molecule has 0 radical (unpaired) electrons. The van der Waals surface area contributed by atoms with E-state index in [-0.39, 0.29) is 12.6 Å². The molecule has 1 fully saturated rings. The Hall–Kier alpha value is -1.80. The largest absolute Gasteiger partial charge is 0.390 e. The SMILES string of the molecule is CCc1n[nH]c(CN[C@H]2CCCC[C@H]2n2cc(CO)nn2)n1. The second-order valence-corrected chi connectivity index (χ2v) is 5.74. The zero-order chi connectivity index (χ0) is 15.4. The topological polar surface area (TPSA) is 105 Å². The molecule has 8 heteroatoms. The predicted molar refractivity (Wildman–Crippen MR) is 79.8 cm³/mol. The lowest BCUT2D eigenvalue weighted by atomic mass is 9.90. The van der Waals surface area contributed by atoms with E-state index in [1.54, 1.807) is 0 Å². The standard InChI is InChI=1S/C14H23N7O/c1-2-13-16-14(19-18-13)7-15-11-5-3-4-6-12(11)21-8-10(9-22)17-20-21/h8,11-12,15,22H,2-7,9H2,1H3,(H,16,18,19)/t11-,12+/m0/s1. The summed E-state index contributed by atoms with van der Waals surface area (Å²) in [5.74, 6) is 1.72. The van der Waals surface area contributed by atoms with Crippen LogP contribution in [0.4, 0.5) is 0 Å². The maximum absolute atomic E-state index is 9.14. The zero-order valence-electron chi connectivity index (χ0n) is 12.9. The van der Waals surface area contributed by atoms with Crippen LogP contribution in [0.3, 0.4) is 0 Å². The number of aryl methyl sites for hydroxylation is 1. The van der Waals surface area contributed by atoms with E-state index in [0.29, 0.717) is 18.3 Å². The van der Waals surface area contributed by atoms with E-state index >= 15 is 0 Å². The van der Waals surface area contributed by atoms with Gasteiger partial charge in [-0.3, -0.25) is 5.10 Å². The fraction of sp³-hybridized carbons (Fsp3) is 0.714. The highest BCUT2D eigenvalue weighted by atomic mass is 16.3. The van der Waals surface area contributed by atoms with Gasteiger partial charge in [0, 0.05) is 12.5 Å². The molecule has 0 spiro atoms. The normalized spacial score (nSPS) is 22.1. The maximum Gasteiger partial charge on any atom is 0.150 e. The van der Waals surface area contributed by atoms with Crippen LogP contribution in [-0.2, 0) is 19.6 Å². The van der Waals surface area contributed by atoms with E-state index in [2.05, 4.69) is 30.8 Å². The second-order valence-electron chi connectivity index (χ2n) is 5.74. The van der Waals surface area contributed by atoms with Crippen LogP contribution < -0.4 is 5.32 Å². The fourth-order valence-corrected chi connectivity index (χ4v) is 3.01. The van der Waals surface area contributed by atoms with Gasteiger partial charge in [-0.25, -0.2) is 9.67 Å². The average molecular weight is 305 g/mol. The Bertz CT molecular complexity index is 594. The van der Waals surface area contributed by atoms with Gasteiger partial charge in [-0.15, -0.1) is 5.10 Å². The third-order valence-corrected chi connectivity index (χ3v) is 4.21. The van der Waals surface area contributed by atoms with Crippen LogP contribution in [0.15, 0.2) is 6.20 Å². The lowest BCUT2D eigenvalue weighted by molar-refractivity contribution is 0.241. The highest BCUT2D eigenvalue weighted by molar-refractivity contribution is 4.95. The van der Waals surface area contributed by atoms with Crippen LogP contribution in [0.1, 0.15) is 56.0 Å². The van der Waals surface area contributed by atoms with Gasteiger partial charge in [-0.1, -0.05) is 25.0 Å². The van der Waals surface area contributed by atoms with Crippen molar-refractivity contribution in [3.63, 3.8) is 0 Å². The van der Waals surface area contributed by atoms with Crippen molar-refractivity contribution < 1.29 is 5.11 Å². The summed E-state index contributed by atoms with van der Waals surface area (Å²) in [4.78, 5) is 4.43. The van der Waals surface area contributed by atoms with E-state index in [9.17, 15) is 0 Å². The Morgan fingerprint density at radius 2 is 2.27 bits per heavy atom. The molecule has 0 bridgehead atoms. The van der Waals surface area contributed by atoms with Gasteiger partial charge in [0.2, 0.25) is 0 Å². The van der Waals surface area contributed by atoms with Crippen LogP contribution in [0.25, 0.3) is 0 Å². The molecule has 120 valence electrons. The molecule has 2 aromatic rings. The quantitative estimate of drug-likeness (QED) is 0.726. The Morgan fingerprint density at radius 1 is 1.41 bits per heavy atom. The first-order valence-electron chi connectivity index (χ1n) is 7.95. The molecule has 0 unspecified atom stereocenters. The van der Waals surface area contributed by atoms with Crippen molar-refractivity contribution in [3.8, 4) is 0 Å². The van der Waals surface area contributed by atoms with E-state index < -0.39 is 0 Å². The van der Waals surface area contributed by atoms with Gasteiger partial charge >= 0.3 is 0 Å². The summed E-state index contributed by atoms with van der Waals surface area (Å²) < 4.78 is 1.89. The molecule has 0 amide bonds. The fourth-order valence-electron chi connectivity index (χ4n) is 3.01. The monoisotopic (exact) mass is 305 g/mol. The number of hydrogen-bond donors (Lipinski definition) is 3. The molecular formula is C14H23N7O. The highest BCUT2D eigenvalue weighted by Gasteiger charge is 2.27. The number of rotatable bonds is 6. The van der Waals surface area contributed by atoms with Crippen molar-refractivity contribution in [2.45, 2.75) is 64.3 Å². The number of aliphatic hydroxyl groups excluding tert-OH is 1. The lowest BCUT2D eigenvalue weighted by Gasteiger charge is -2.31. The maximum atomic E-state index is 9.14. The Balaban J connectivity index is 1.64. The van der Waals surface area contributed by atoms with Crippen molar-refractivity contribution >= 4 is 0 Å². The smallest absolute Gasteiger partial charge is 0.150 e. The summed E-state index contributed by atoms with van der Waals surface area (Å²) in [7, 11) is 0. The van der Waals surface area contributed by atoms with Crippen molar-refractivity contribution in [1.29, 1.82) is 0 Å². The molecular weight excluding hydrogens is 282 g/mol. The zero-order valence-corrected chi connectivity index (χ0v) is 12.9. The van der Waals surface area contributed by atoms with E-state index in [1.807, 2.05) is 17.8 Å². The summed E-state index contributed by atoms with van der Waals surface area (Å²) in [6.45, 7) is 2.65. The predicted octanol–water partition coefficient (Wildman–Crippen LogP) is 0.724. The molecule has 2 aromatic heterocycles. The Morgan fingerprint density at radius 3 is 3.00 bits per heavy atom.